The van der Waals surface area contributed by atoms with E-state index in [9.17, 15) is 4.79 Å². The summed E-state index contributed by atoms with van der Waals surface area (Å²) in [7, 11) is 1.82. The number of amides is 1. The molecule has 2 N–H and O–H groups in total. The van der Waals surface area contributed by atoms with Crippen molar-refractivity contribution < 1.29 is 4.79 Å². The number of benzene rings is 1. The van der Waals surface area contributed by atoms with Gasteiger partial charge in [-0.1, -0.05) is 31.8 Å². The van der Waals surface area contributed by atoms with Crippen LogP contribution in [0.1, 0.15) is 35.3 Å². The van der Waals surface area contributed by atoms with Crippen LogP contribution in [-0.2, 0) is 0 Å². The molecule has 0 radical (unpaired) electrons. The maximum atomic E-state index is 12.4. The Morgan fingerprint density at radius 3 is 2.68 bits per heavy atom. The van der Waals surface area contributed by atoms with Crippen LogP contribution in [0.25, 0.3) is 0 Å². The Kier molecular flexibility index (Phi) is 5.59. The van der Waals surface area contributed by atoms with Crippen molar-refractivity contribution in [3.05, 3.63) is 34.9 Å². The topological polar surface area (TPSA) is 46.3 Å². The minimum absolute atomic E-state index is 0.00928. The van der Waals surface area contributed by atoms with Gasteiger partial charge in [0.25, 0.3) is 5.91 Å². The smallest absolute Gasteiger partial charge is 0.254 e. The third-order valence-electron chi connectivity index (χ3n) is 2.72. The zero-order chi connectivity index (χ0) is 14.4. The van der Waals surface area contributed by atoms with Gasteiger partial charge in [0.15, 0.2) is 0 Å². The number of hydrogen-bond acceptors (Lipinski definition) is 2. The van der Waals surface area contributed by atoms with Crippen molar-refractivity contribution in [1.82, 2.24) is 4.90 Å². The van der Waals surface area contributed by atoms with Crippen LogP contribution in [0.15, 0.2) is 18.2 Å². The van der Waals surface area contributed by atoms with Crippen LogP contribution in [-0.4, -0.2) is 30.9 Å². The fraction of sp³-hybridized carbons (Fsp3) is 0.438. The highest BCUT2D eigenvalue weighted by atomic mass is 16.2. The van der Waals surface area contributed by atoms with E-state index in [0.717, 1.165) is 17.7 Å². The molecule has 102 valence electrons. The Labute approximate surface area is 115 Å². The van der Waals surface area contributed by atoms with E-state index in [1.807, 2.05) is 32.2 Å². The van der Waals surface area contributed by atoms with Crippen LogP contribution in [0.4, 0.5) is 0 Å². The van der Waals surface area contributed by atoms with Crippen molar-refractivity contribution in [3.63, 3.8) is 0 Å². The summed E-state index contributed by atoms with van der Waals surface area (Å²) < 4.78 is 0. The molecular formula is C16H22N2O. The number of nitrogens with zero attached hydrogens (tertiary/aromatic N) is 1. The summed E-state index contributed by atoms with van der Waals surface area (Å²) in [5.41, 5.74) is 7.89. The third-order valence-corrected chi connectivity index (χ3v) is 2.72. The molecule has 1 aromatic rings. The summed E-state index contributed by atoms with van der Waals surface area (Å²) in [5.74, 6) is 6.25. The van der Waals surface area contributed by atoms with Gasteiger partial charge in [-0.3, -0.25) is 4.79 Å². The molecule has 0 atom stereocenters. The molecule has 0 saturated carbocycles. The number of aryl methyl sites for hydroxylation is 1. The zero-order valence-corrected chi connectivity index (χ0v) is 12.2. The zero-order valence-electron chi connectivity index (χ0n) is 12.2. The molecule has 0 aliphatic carbocycles. The van der Waals surface area contributed by atoms with Gasteiger partial charge in [-0.25, -0.2) is 0 Å². The van der Waals surface area contributed by atoms with Gasteiger partial charge in [0.05, 0.1) is 12.1 Å². The molecule has 0 fully saturated rings. The Hall–Kier alpha value is -1.79. The predicted octanol–water partition coefficient (Wildman–Crippen LogP) is 2.03. The Bertz CT molecular complexity index is 509. The van der Waals surface area contributed by atoms with Crippen LogP contribution in [0, 0.1) is 24.7 Å². The van der Waals surface area contributed by atoms with Gasteiger partial charge >= 0.3 is 0 Å². The van der Waals surface area contributed by atoms with Crippen molar-refractivity contribution in [2.24, 2.45) is 11.7 Å². The second-order valence-electron chi connectivity index (χ2n) is 5.13. The van der Waals surface area contributed by atoms with E-state index in [1.54, 1.807) is 4.90 Å². The molecule has 0 unspecified atom stereocenters. The molecule has 1 amide bonds. The van der Waals surface area contributed by atoms with Crippen LogP contribution >= 0.6 is 0 Å². The van der Waals surface area contributed by atoms with Crippen molar-refractivity contribution in [2.45, 2.75) is 20.8 Å². The minimum Gasteiger partial charge on any atom is -0.341 e. The summed E-state index contributed by atoms with van der Waals surface area (Å²) in [4.78, 5) is 14.1. The second-order valence-corrected chi connectivity index (χ2v) is 5.13. The van der Waals surface area contributed by atoms with Gasteiger partial charge in [-0.2, -0.15) is 0 Å². The van der Waals surface area contributed by atoms with E-state index in [1.165, 1.54) is 0 Å². The molecule has 19 heavy (non-hydrogen) atoms. The molecule has 0 bridgehead atoms. The number of hydrogen-bond donors (Lipinski definition) is 1. The fourth-order valence-corrected chi connectivity index (χ4v) is 1.93. The average Bonchev–Trinajstić information content (AvgIpc) is 2.34. The fourth-order valence-electron chi connectivity index (χ4n) is 1.93. The summed E-state index contributed by atoms with van der Waals surface area (Å²) in [6.07, 6.45) is 0. The highest BCUT2D eigenvalue weighted by Crippen LogP contribution is 2.13. The molecule has 0 aliphatic heterocycles. The first-order valence-electron chi connectivity index (χ1n) is 6.50. The van der Waals surface area contributed by atoms with E-state index in [-0.39, 0.29) is 5.91 Å². The lowest BCUT2D eigenvalue weighted by Gasteiger charge is -2.20. The normalized spacial score (nSPS) is 10.0. The molecular weight excluding hydrogens is 236 g/mol. The Morgan fingerprint density at radius 1 is 1.42 bits per heavy atom. The number of rotatable bonds is 3. The Balaban J connectivity index is 3.08. The van der Waals surface area contributed by atoms with Crippen molar-refractivity contribution in [2.75, 3.05) is 20.1 Å². The molecule has 0 saturated heterocycles. The van der Waals surface area contributed by atoms with Crippen LogP contribution in [0.5, 0.6) is 0 Å². The molecule has 0 heterocycles. The summed E-state index contributed by atoms with van der Waals surface area (Å²) in [6.45, 7) is 7.20. The molecule has 0 aliphatic rings. The molecule has 1 aromatic carbocycles. The summed E-state index contributed by atoms with van der Waals surface area (Å²) in [5, 5.41) is 0. The van der Waals surface area contributed by atoms with Crippen molar-refractivity contribution in [3.8, 4) is 11.8 Å². The van der Waals surface area contributed by atoms with E-state index < -0.39 is 0 Å². The van der Waals surface area contributed by atoms with Crippen molar-refractivity contribution >= 4 is 5.91 Å². The molecule has 0 spiro atoms. The maximum Gasteiger partial charge on any atom is 0.254 e. The first-order valence-corrected chi connectivity index (χ1v) is 6.50. The maximum absolute atomic E-state index is 12.4. The number of nitrogens with two attached hydrogens (primary N) is 1. The first kappa shape index (κ1) is 15.3. The highest BCUT2D eigenvalue weighted by Gasteiger charge is 2.15. The lowest BCUT2D eigenvalue weighted by molar-refractivity contribution is 0.0779. The largest absolute Gasteiger partial charge is 0.341 e. The molecule has 0 aromatic heterocycles. The number of carbonyl (C=O) groups is 1. The first-order chi connectivity index (χ1) is 8.95. The van der Waals surface area contributed by atoms with Gasteiger partial charge in [0.2, 0.25) is 0 Å². The SMILES string of the molecule is Cc1ccc(C(=O)N(C)CC(C)C)c(C#CCN)c1. The van der Waals surface area contributed by atoms with Crippen LogP contribution in [0.2, 0.25) is 0 Å². The average molecular weight is 258 g/mol. The van der Waals surface area contributed by atoms with Crippen LogP contribution in [0.3, 0.4) is 0 Å². The summed E-state index contributed by atoms with van der Waals surface area (Å²) in [6, 6.07) is 5.71. The minimum atomic E-state index is 0.00928. The van der Waals surface area contributed by atoms with Crippen molar-refractivity contribution in [1.29, 1.82) is 0 Å². The quantitative estimate of drug-likeness (QED) is 0.843. The standard InChI is InChI=1S/C16H22N2O/c1-12(2)11-18(4)16(19)15-8-7-13(3)10-14(15)6-5-9-17/h7-8,10,12H,9,11,17H2,1-4H3. The molecule has 1 rings (SSSR count). The van der Waals surface area contributed by atoms with E-state index in [4.69, 9.17) is 5.73 Å². The van der Waals surface area contributed by atoms with Gasteiger partial charge in [0, 0.05) is 19.2 Å². The monoisotopic (exact) mass is 258 g/mol. The lowest BCUT2D eigenvalue weighted by atomic mass is 10.0. The summed E-state index contributed by atoms with van der Waals surface area (Å²) >= 11 is 0. The van der Waals surface area contributed by atoms with Gasteiger partial charge in [0.1, 0.15) is 0 Å². The third kappa shape index (κ3) is 4.42. The number of carbonyl (C=O) groups excluding carboxylic acids is 1. The van der Waals surface area contributed by atoms with Gasteiger partial charge < -0.3 is 10.6 Å². The lowest BCUT2D eigenvalue weighted by Crippen LogP contribution is -2.30. The Morgan fingerprint density at radius 2 is 2.11 bits per heavy atom. The van der Waals surface area contributed by atoms with Crippen LogP contribution < -0.4 is 5.73 Å². The van der Waals surface area contributed by atoms with E-state index in [0.29, 0.717) is 18.0 Å². The van der Waals surface area contributed by atoms with E-state index in [2.05, 4.69) is 25.7 Å². The predicted molar refractivity (Wildman–Crippen MR) is 78.9 cm³/mol. The molecule has 3 heteroatoms. The van der Waals surface area contributed by atoms with Gasteiger partial charge in [-0.05, 0) is 30.5 Å². The second kappa shape index (κ2) is 6.96. The van der Waals surface area contributed by atoms with Gasteiger partial charge in [-0.15, -0.1) is 0 Å². The molecule has 3 nitrogen and oxygen atoms in total. The highest BCUT2D eigenvalue weighted by molar-refractivity contribution is 5.96. The van der Waals surface area contributed by atoms with E-state index >= 15 is 0 Å².